The van der Waals surface area contributed by atoms with E-state index < -0.39 is 0 Å². The highest BCUT2D eigenvalue weighted by atomic mass is 32.1. The Bertz CT molecular complexity index is 391. The molecule has 0 saturated carbocycles. The summed E-state index contributed by atoms with van der Waals surface area (Å²) in [5, 5.41) is 3.10. The summed E-state index contributed by atoms with van der Waals surface area (Å²) in [4.78, 5) is 16.6. The van der Waals surface area contributed by atoms with Crippen molar-refractivity contribution >= 4 is 17.2 Å². The molecule has 5 heteroatoms. The second kappa shape index (κ2) is 8.30. The van der Waals surface area contributed by atoms with Crippen LogP contribution in [0.5, 0.6) is 0 Å². The minimum atomic E-state index is 0.136. The summed E-state index contributed by atoms with van der Waals surface area (Å²) >= 11 is 1.75. The minimum absolute atomic E-state index is 0.136. The molecule has 108 valence electrons. The Morgan fingerprint density at radius 1 is 1.47 bits per heavy atom. The lowest BCUT2D eigenvalue weighted by Crippen LogP contribution is -2.42. The van der Waals surface area contributed by atoms with Gasteiger partial charge in [-0.3, -0.25) is 4.79 Å². The van der Waals surface area contributed by atoms with Crippen molar-refractivity contribution in [1.82, 2.24) is 10.2 Å². The van der Waals surface area contributed by atoms with Crippen molar-refractivity contribution in [2.24, 2.45) is 0 Å². The number of carbonyl (C=O) groups excluding carboxylic acids is 1. The number of rotatable bonds is 8. The lowest BCUT2D eigenvalue weighted by Gasteiger charge is -2.26. The average Bonchev–Trinajstić information content (AvgIpc) is 2.77. The van der Waals surface area contributed by atoms with E-state index >= 15 is 0 Å². The van der Waals surface area contributed by atoms with Crippen LogP contribution in [0, 0.1) is 6.92 Å². The van der Waals surface area contributed by atoms with Crippen molar-refractivity contribution in [3.8, 4) is 0 Å². The van der Waals surface area contributed by atoms with E-state index in [4.69, 9.17) is 4.74 Å². The number of amides is 1. The highest BCUT2D eigenvalue weighted by Crippen LogP contribution is 2.18. The van der Waals surface area contributed by atoms with Gasteiger partial charge in [-0.25, -0.2) is 0 Å². The van der Waals surface area contributed by atoms with Crippen LogP contribution in [-0.4, -0.2) is 43.7 Å². The Balaban J connectivity index is 2.49. The minimum Gasteiger partial charge on any atom is -0.383 e. The zero-order chi connectivity index (χ0) is 14.3. The molecule has 1 aromatic heterocycles. The van der Waals surface area contributed by atoms with Gasteiger partial charge in [0, 0.05) is 29.5 Å². The monoisotopic (exact) mass is 284 g/mol. The van der Waals surface area contributed by atoms with Gasteiger partial charge in [-0.05, 0) is 32.9 Å². The smallest absolute Gasteiger partial charge is 0.237 e. The Kier molecular flexibility index (Phi) is 7.05. The van der Waals surface area contributed by atoms with E-state index in [-0.39, 0.29) is 11.9 Å². The number of aryl methyl sites for hydroxylation is 1. The fourth-order valence-corrected chi connectivity index (χ4v) is 2.66. The van der Waals surface area contributed by atoms with Gasteiger partial charge in [0.05, 0.1) is 19.7 Å². The first kappa shape index (κ1) is 16.1. The zero-order valence-electron chi connectivity index (χ0n) is 12.2. The molecule has 1 rings (SSSR count). The third-order valence-electron chi connectivity index (χ3n) is 2.83. The third-order valence-corrected chi connectivity index (χ3v) is 3.81. The van der Waals surface area contributed by atoms with Crippen molar-refractivity contribution in [1.29, 1.82) is 0 Å². The number of nitrogens with zero attached hydrogens (tertiary/aromatic N) is 1. The van der Waals surface area contributed by atoms with Crippen molar-refractivity contribution < 1.29 is 9.53 Å². The number of methoxy groups -OCH3 is 1. The molecule has 4 nitrogen and oxygen atoms in total. The highest BCUT2D eigenvalue weighted by Gasteiger charge is 2.17. The summed E-state index contributed by atoms with van der Waals surface area (Å²) in [7, 11) is 1.66. The molecule has 1 amide bonds. The van der Waals surface area contributed by atoms with Crippen LogP contribution in [0.2, 0.25) is 0 Å². The molecule has 0 spiro atoms. The second-order valence-electron chi connectivity index (χ2n) is 4.80. The van der Waals surface area contributed by atoms with Crippen LogP contribution in [0.25, 0.3) is 0 Å². The zero-order valence-corrected chi connectivity index (χ0v) is 13.0. The molecule has 0 bridgehead atoms. The molecule has 1 heterocycles. The topological polar surface area (TPSA) is 41.6 Å². The van der Waals surface area contributed by atoms with Crippen molar-refractivity contribution in [2.45, 2.75) is 33.4 Å². The van der Waals surface area contributed by atoms with Gasteiger partial charge in [0.25, 0.3) is 0 Å². The van der Waals surface area contributed by atoms with E-state index in [1.807, 2.05) is 18.7 Å². The second-order valence-corrected chi connectivity index (χ2v) is 6.17. The molecule has 0 radical (unpaired) electrons. The number of thiophene rings is 1. The van der Waals surface area contributed by atoms with E-state index in [1.165, 1.54) is 9.75 Å². The summed E-state index contributed by atoms with van der Waals surface area (Å²) < 4.78 is 4.94. The molecule has 0 saturated heterocycles. The maximum absolute atomic E-state index is 12.2. The van der Waals surface area contributed by atoms with Crippen LogP contribution in [0.3, 0.4) is 0 Å². The van der Waals surface area contributed by atoms with Gasteiger partial charge < -0.3 is 15.0 Å². The molecule has 0 aliphatic carbocycles. The van der Waals surface area contributed by atoms with E-state index in [0.717, 1.165) is 0 Å². The van der Waals surface area contributed by atoms with Crippen LogP contribution in [0.1, 0.15) is 23.6 Å². The first-order valence-corrected chi connectivity index (χ1v) is 7.40. The van der Waals surface area contributed by atoms with Crippen molar-refractivity contribution in [3.63, 3.8) is 0 Å². The molecule has 19 heavy (non-hydrogen) atoms. The van der Waals surface area contributed by atoms with Gasteiger partial charge in [0.1, 0.15) is 0 Å². The fourth-order valence-electron chi connectivity index (χ4n) is 1.77. The molecule has 0 atom stereocenters. The Morgan fingerprint density at radius 3 is 2.74 bits per heavy atom. The molecular weight excluding hydrogens is 260 g/mol. The maximum Gasteiger partial charge on any atom is 0.237 e. The summed E-state index contributed by atoms with van der Waals surface area (Å²) in [5.74, 6) is 0.136. The van der Waals surface area contributed by atoms with Crippen LogP contribution >= 0.6 is 11.3 Å². The normalized spacial score (nSPS) is 11.0. The third kappa shape index (κ3) is 5.72. The molecule has 1 N–H and O–H groups in total. The standard InChI is InChI=1S/C14H24N2O2S/c1-11(2)16(10-13-6-5-12(3)19-13)14(17)9-15-7-8-18-4/h5-6,11,15H,7-10H2,1-4H3. The lowest BCUT2D eigenvalue weighted by molar-refractivity contribution is -0.132. The van der Waals surface area contributed by atoms with Crippen LogP contribution < -0.4 is 5.32 Å². The van der Waals surface area contributed by atoms with Gasteiger partial charge in [-0.15, -0.1) is 11.3 Å². The summed E-state index contributed by atoms with van der Waals surface area (Å²) in [6.07, 6.45) is 0. The number of nitrogens with one attached hydrogen (secondary N) is 1. The highest BCUT2D eigenvalue weighted by molar-refractivity contribution is 7.11. The van der Waals surface area contributed by atoms with Gasteiger partial charge in [-0.1, -0.05) is 0 Å². The Hall–Kier alpha value is -0.910. The first-order valence-electron chi connectivity index (χ1n) is 6.59. The molecule has 0 aliphatic rings. The predicted molar refractivity (Wildman–Crippen MR) is 79.5 cm³/mol. The lowest BCUT2D eigenvalue weighted by atomic mass is 10.3. The van der Waals surface area contributed by atoms with E-state index in [2.05, 4.69) is 24.4 Å². The Morgan fingerprint density at radius 2 is 2.21 bits per heavy atom. The Labute approximate surface area is 119 Å². The predicted octanol–water partition coefficient (Wildman–Crippen LogP) is 2.03. The molecule has 0 aliphatic heterocycles. The van der Waals surface area contributed by atoms with E-state index in [1.54, 1.807) is 18.4 Å². The molecule has 0 aromatic carbocycles. The maximum atomic E-state index is 12.2. The largest absolute Gasteiger partial charge is 0.383 e. The average molecular weight is 284 g/mol. The number of carbonyl (C=O) groups is 1. The molecule has 1 aromatic rings. The van der Waals surface area contributed by atoms with Gasteiger partial charge in [0.2, 0.25) is 5.91 Å². The summed E-state index contributed by atoms with van der Waals surface area (Å²) in [5.41, 5.74) is 0. The van der Waals surface area contributed by atoms with Crippen molar-refractivity contribution in [3.05, 3.63) is 21.9 Å². The van der Waals surface area contributed by atoms with Crippen LogP contribution in [0.15, 0.2) is 12.1 Å². The SMILES string of the molecule is COCCNCC(=O)N(Cc1ccc(C)s1)C(C)C. The first-order chi connectivity index (χ1) is 9.04. The number of hydrogen-bond donors (Lipinski definition) is 1. The quantitative estimate of drug-likeness (QED) is 0.743. The van der Waals surface area contributed by atoms with Gasteiger partial charge in [-0.2, -0.15) is 0 Å². The molecule has 0 fully saturated rings. The summed E-state index contributed by atoms with van der Waals surface area (Å²) in [6.45, 7) is 8.57. The van der Waals surface area contributed by atoms with E-state index in [9.17, 15) is 4.79 Å². The van der Waals surface area contributed by atoms with E-state index in [0.29, 0.717) is 26.2 Å². The van der Waals surface area contributed by atoms with Crippen molar-refractivity contribution in [2.75, 3.05) is 26.8 Å². The number of ether oxygens (including phenoxy) is 1. The van der Waals surface area contributed by atoms with Crippen LogP contribution in [0.4, 0.5) is 0 Å². The molecular formula is C14H24N2O2S. The van der Waals surface area contributed by atoms with Gasteiger partial charge >= 0.3 is 0 Å². The summed E-state index contributed by atoms with van der Waals surface area (Å²) in [6, 6.07) is 4.40. The fraction of sp³-hybridized carbons (Fsp3) is 0.643. The van der Waals surface area contributed by atoms with Gasteiger partial charge in [0.15, 0.2) is 0 Å². The number of hydrogen-bond acceptors (Lipinski definition) is 4. The molecule has 0 unspecified atom stereocenters. The van der Waals surface area contributed by atoms with Crippen LogP contribution in [-0.2, 0) is 16.1 Å².